The molecule has 0 saturated heterocycles. The van der Waals surface area contributed by atoms with E-state index in [0.29, 0.717) is 0 Å². The lowest BCUT2D eigenvalue weighted by atomic mass is 9.98. The molecule has 188 valence electrons. The Hall–Kier alpha value is -5.01. The topological polar surface area (TPSA) is 3.88 Å². The first-order chi connectivity index (χ1) is 19.6. The molecular weight excluding hydrogens is 482 g/mol. The number of nitrogens with zero attached hydrogens (tertiary/aromatic N) is 1. The number of hydrogen-bond donors (Lipinski definition) is 0. The number of aromatic nitrogens is 1. The summed E-state index contributed by atoms with van der Waals surface area (Å²) in [5.41, 5.74) is 2.49. The molecule has 8 aromatic rings. The lowest BCUT2D eigenvalue weighted by Gasteiger charge is -2.07. The highest BCUT2D eigenvalue weighted by atomic mass is 14.9. The molecule has 0 amide bonds. The van der Waals surface area contributed by atoms with Crippen LogP contribution >= 0.6 is 0 Å². The van der Waals surface area contributed by atoms with Crippen LogP contribution in [-0.4, -0.2) is 0 Å². The Bertz CT molecular complexity index is 2400. The number of fused-ring (bicyclic) bond motifs is 15. The van der Waals surface area contributed by atoms with Gasteiger partial charge in [0.05, 0.1) is 0 Å². The maximum atomic E-state index is 2.38. The van der Waals surface area contributed by atoms with Gasteiger partial charge in [0.15, 0.2) is 6.20 Å². The van der Waals surface area contributed by atoms with E-state index in [2.05, 4.69) is 152 Å². The second-order valence-corrected chi connectivity index (χ2v) is 11.0. The van der Waals surface area contributed by atoms with Crippen LogP contribution in [0.2, 0.25) is 0 Å². The summed E-state index contributed by atoms with van der Waals surface area (Å²) in [5, 5.41) is 16.2. The Labute approximate surface area is 232 Å². The largest absolute Gasteiger partial charge is 0.213 e. The van der Waals surface area contributed by atoms with Crippen LogP contribution in [0.15, 0.2) is 134 Å². The second kappa shape index (κ2) is 8.76. The van der Waals surface area contributed by atoms with Crippen LogP contribution in [0.25, 0.3) is 75.5 Å². The van der Waals surface area contributed by atoms with E-state index in [1.165, 1.54) is 81.1 Å². The molecule has 0 atom stereocenters. The number of pyridine rings is 1. The van der Waals surface area contributed by atoms with Gasteiger partial charge in [0.2, 0.25) is 5.52 Å². The first-order valence-electron chi connectivity index (χ1n) is 13.9. The van der Waals surface area contributed by atoms with E-state index in [-0.39, 0.29) is 0 Å². The fraction of sp³-hybridized carbons (Fsp3) is 0.0513. The van der Waals surface area contributed by atoms with E-state index in [1.807, 2.05) is 0 Å². The third-order valence-corrected chi connectivity index (χ3v) is 8.53. The van der Waals surface area contributed by atoms with Crippen molar-refractivity contribution in [1.82, 2.24) is 0 Å². The molecule has 0 aliphatic carbocycles. The highest BCUT2D eigenvalue weighted by molar-refractivity contribution is 6.12. The Morgan fingerprint density at radius 1 is 0.375 bits per heavy atom. The summed E-state index contributed by atoms with van der Waals surface area (Å²) in [7, 11) is 2.16. The summed E-state index contributed by atoms with van der Waals surface area (Å²) in [5.74, 6) is 0. The van der Waals surface area contributed by atoms with E-state index in [4.69, 9.17) is 0 Å². The van der Waals surface area contributed by atoms with Crippen LogP contribution in [0.5, 0.6) is 0 Å². The Morgan fingerprint density at radius 2 is 0.775 bits per heavy atom. The van der Waals surface area contributed by atoms with Crippen molar-refractivity contribution in [3.8, 4) is 0 Å². The lowest BCUT2D eigenvalue weighted by molar-refractivity contribution is -0.643. The Morgan fingerprint density at radius 3 is 1.32 bits per heavy atom. The van der Waals surface area contributed by atoms with E-state index >= 15 is 0 Å². The van der Waals surface area contributed by atoms with Gasteiger partial charge >= 0.3 is 0 Å². The molecule has 0 spiro atoms. The molecule has 0 N–H and O–H groups in total. The summed E-state index contributed by atoms with van der Waals surface area (Å²) in [6.07, 6.45) is 2.27. The van der Waals surface area contributed by atoms with Crippen LogP contribution in [0.1, 0.15) is 5.56 Å². The van der Waals surface area contributed by atoms with Crippen molar-refractivity contribution in [2.75, 3.05) is 0 Å². The molecule has 1 heteroatoms. The smallest absolute Gasteiger partial charge is 0.200 e. The molecule has 0 unspecified atom stereocenters. The third kappa shape index (κ3) is 3.66. The van der Waals surface area contributed by atoms with Gasteiger partial charge in [0.1, 0.15) is 7.05 Å². The number of rotatable bonds is 0. The minimum absolute atomic E-state index is 1.22. The van der Waals surface area contributed by atoms with Gasteiger partial charge in [-0.05, 0) is 103 Å². The standard InChI is InChI=1S/C39H28N/c1-25-12-13-33-21-36(25)39-23-38-35(24-40(39)2)17-15-26-14-16-34(22-37(26)38)32-11-5-9-30(20-32)28-7-3-6-27(18-28)29-8-4-10-31(33)19-29/h3-24H,1-2H3/q+1. The van der Waals surface area contributed by atoms with E-state index < -0.39 is 0 Å². The first-order valence-corrected chi connectivity index (χ1v) is 13.9. The molecule has 1 heterocycles. The zero-order chi connectivity index (χ0) is 26.8. The highest BCUT2D eigenvalue weighted by Crippen LogP contribution is 2.30. The Kier molecular flexibility index (Phi) is 5.02. The van der Waals surface area contributed by atoms with Crippen molar-refractivity contribution in [2.24, 2.45) is 7.05 Å². The average molecular weight is 511 g/mol. The summed E-state index contributed by atoms with van der Waals surface area (Å²) in [6.45, 7) is 2.21. The molecule has 0 fully saturated rings. The quantitative estimate of drug-likeness (QED) is 0.141. The molecule has 12 bridgehead atoms. The molecule has 0 saturated carbocycles. The summed E-state index contributed by atoms with van der Waals surface area (Å²) in [6, 6.07) is 47.4. The minimum Gasteiger partial charge on any atom is -0.200 e. The van der Waals surface area contributed by atoms with E-state index in [1.54, 1.807) is 0 Å². The zero-order valence-corrected chi connectivity index (χ0v) is 22.6. The van der Waals surface area contributed by atoms with Crippen molar-refractivity contribution in [3.63, 3.8) is 0 Å². The SMILES string of the molecule is Cc1ccc2cc1c1cc3c(ccc4ccc(cc43)c3cccc(c3)c3cccc(c3)c3cccc2c3)c[n+]1C. The molecule has 7 aromatic carbocycles. The van der Waals surface area contributed by atoms with E-state index in [9.17, 15) is 0 Å². The molecule has 0 aliphatic rings. The van der Waals surface area contributed by atoms with Crippen LogP contribution in [0, 0.1) is 6.92 Å². The maximum Gasteiger partial charge on any atom is 0.213 e. The van der Waals surface area contributed by atoms with Gasteiger partial charge in [-0.15, -0.1) is 0 Å². The minimum atomic E-state index is 1.22. The monoisotopic (exact) mass is 510 g/mol. The van der Waals surface area contributed by atoms with Gasteiger partial charge < -0.3 is 0 Å². The zero-order valence-electron chi connectivity index (χ0n) is 22.6. The summed E-state index contributed by atoms with van der Waals surface area (Å²) < 4.78 is 2.27. The highest BCUT2D eigenvalue weighted by Gasteiger charge is 2.11. The molecule has 1 aromatic heterocycles. The number of aryl methyl sites for hydroxylation is 2. The Balaban J connectivity index is 1.65. The average Bonchev–Trinajstić information content (AvgIpc) is 3.00. The first kappa shape index (κ1) is 22.9. The van der Waals surface area contributed by atoms with Gasteiger partial charge in [-0.2, -0.15) is 0 Å². The normalized spacial score (nSPS) is 11.8. The van der Waals surface area contributed by atoms with Crippen LogP contribution in [-0.2, 0) is 7.05 Å². The molecule has 1 nitrogen and oxygen atoms in total. The third-order valence-electron chi connectivity index (χ3n) is 8.53. The lowest BCUT2D eigenvalue weighted by Crippen LogP contribution is -2.28. The maximum absolute atomic E-state index is 2.38. The molecule has 40 heavy (non-hydrogen) atoms. The van der Waals surface area contributed by atoms with Crippen molar-refractivity contribution < 1.29 is 4.57 Å². The molecule has 0 aliphatic heterocycles. The van der Waals surface area contributed by atoms with Crippen LogP contribution in [0.3, 0.4) is 0 Å². The van der Waals surface area contributed by atoms with Crippen molar-refractivity contribution in [2.45, 2.75) is 6.92 Å². The van der Waals surface area contributed by atoms with Crippen molar-refractivity contribution in [1.29, 1.82) is 0 Å². The molecular formula is C39H28N+. The number of hydrogen-bond acceptors (Lipinski definition) is 0. The van der Waals surface area contributed by atoms with Gasteiger partial charge in [-0.3, -0.25) is 0 Å². The van der Waals surface area contributed by atoms with Crippen LogP contribution < -0.4 is 4.57 Å². The predicted octanol–water partition coefficient (Wildman–Crippen LogP) is 10.0. The molecule has 8 rings (SSSR count). The van der Waals surface area contributed by atoms with Gasteiger partial charge in [-0.25, -0.2) is 4.57 Å². The fourth-order valence-corrected chi connectivity index (χ4v) is 6.31. The van der Waals surface area contributed by atoms with Crippen LogP contribution in [0.4, 0.5) is 0 Å². The van der Waals surface area contributed by atoms with Crippen molar-refractivity contribution >= 4 is 75.5 Å². The molecule has 0 radical (unpaired) electrons. The number of benzene rings is 6. The second-order valence-electron chi connectivity index (χ2n) is 11.0. The van der Waals surface area contributed by atoms with Gasteiger partial charge in [-0.1, -0.05) is 84.9 Å². The van der Waals surface area contributed by atoms with Gasteiger partial charge in [0.25, 0.3) is 0 Å². The summed E-state index contributed by atoms with van der Waals surface area (Å²) >= 11 is 0. The van der Waals surface area contributed by atoms with Crippen molar-refractivity contribution in [3.05, 3.63) is 139 Å². The van der Waals surface area contributed by atoms with Gasteiger partial charge in [0, 0.05) is 22.2 Å². The summed E-state index contributed by atoms with van der Waals surface area (Å²) in [4.78, 5) is 0. The predicted molar refractivity (Wildman–Crippen MR) is 173 cm³/mol. The fourth-order valence-electron chi connectivity index (χ4n) is 6.31. The van der Waals surface area contributed by atoms with E-state index in [0.717, 1.165) is 0 Å².